The second-order valence-corrected chi connectivity index (χ2v) is 7.74. The van der Waals surface area contributed by atoms with E-state index in [1.807, 2.05) is 30.3 Å². The van der Waals surface area contributed by atoms with Gasteiger partial charge in [0.25, 0.3) is 11.8 Å². The van der Waals surface area contributed by atoms with Gasteiger partial charge in [-0.3, -0.25) is 19.8 Å². The van der Waals surface area contributed by atoms with E-state index in [0.29, 0.717) is 22.1 Å². The van der Waals surface area contributed by atoms with Crippen molar-refractivity contribution >= 4 is 58.2 Å². The number of carbonyl (C=O) groups is 3. The number of nitrogens with zero attached hydrogens (tertiary/aromatic N) is 1. The number of aromatic carboxylic acids is 1. The Hall–Kier alpha value is -3.82. The van der Waals surface area contributed by atoms with Gasteiger partial charge in [-0.2, -0.15) is 0 Å². The van der Waals surface area contributed by atoms with Crippen molar-refractivity contribution in [1.29, 1.82) is 0 Å². The van der Waals surface area contributed by atoms with E-state index in [2.05, 4.69) is 5.32 Å². The fourth-order valence-corrected chi connectivity index (χ4v) is 3.96. The molecule has 1 aliphatic rings. The Labute approximate surface area is 186 Å². The maximum Gasteiger partial charge on any atom is 0.336 e. The Balaban J connectivity index is 1.59. The van der Waals surface area contributed by atoms with Crippen LogP contribution in [-0.2, 0) is 9.59 Å². The van der Waals surface area contributed by atoms with Gasteiger partial charge < -0.3 is 9.84 Å². The van der Waals surface area contributed by atoms with Gasteiger partial charge in [0.15, 0.2) is 5.11 Å². The molecule has 1 aromatic heterocycles. The van der Waals surface area contributed by atoms with Crippen LogP contribution in [0.5, 0.6) is 11.5 Å². The fraction of sp³-hybridized carbons (Fsp3) is 0. The SMILES string of the molecule is O=C1NC(=S)N(c2ccc(Oc3ccccc3)cc2)C(=O)C1=Cc1cc(C(=O)O)cs1. The van der Waals surface area contributed by atoms with Crippen molar-refractivity contribution in [3.05, 3.63) is 82.1 Å². The van der Waals surface area contributed by atoms with Crippen molar-refractivity contribution in [3.8, 4) is 11.5 Å². The summed E-state index contributed by atoms with van der Waals surface area (Å²) in [6, 6.07) is 17.3. The Morgan fingerprint density at radius 1 is 1.06 bits per heavy atom. The van der Waals surface area contributed by atoms with E-state index >= 15 is 0 Å². The highest BCUT2D eigenvalue weighted by molar-refractivity contribution is 7.80. The summed E-state index contributed by atoms with van der Waals surface area (Å²) >= 11 is 6.32. The average molecular weight is 450 g/mol. The van der Waals surface area contributed by atoms with Gasteiger partial charge >= 0.3 is 5.97 Å². The van der Waals surface area contributed by atoms with Crippen LogP contribution in [0.1, 0.15) is 15.2 Å². The van der Waals surface area contributed by atoms with Crippen molar-refractivity contribution in [3.63, 3.8) is 0 Å². The smallest absolute Gasteiger partial charge is 0.336 e. The van der Waals surface area contributed by atoms with Crippen molar-refractivity contribution in [2.45, 2.75) is 0 Å². The number of amides is 2. The number of thiophene rings is 1. The van der Waals surface area contributed by atoms with E-state index in [0.717, 1.165) is 11.3 Å². The monoisotopic (exact) mass is 450 g/mol. The molecule has 4 rings (SSSR count). The summed E-state index contributed by atoms with van der Waals surface area (Å²) in [5.74, 6) is -1.07. The molecule has 2 heterocycles. The fourth-order valence-electron chi connectivity index (χ4n) is 2.86. The number of ether oxygens (including phenoxy) is 1. The highest BCUT2D eigenvalue weighted by Gasteiger charge is 2.34. The van der Waals surface area contributed by atoms with Gasteiger partial charge in [0.1, 0.15) is 17.1 Å². The second kappa shape index (κ2) is 8.50. The molecule has 1 fully saturated rings. The zero-order valence-corrected chi connectivity index (χ0v) is 17.4. The number of thiocarbonyl (C=S) groups is 1. The van der Waals surface area contributed by atoms with Gasteiger partial charge in [-0.15, -0.1) is 11.3 Å². The first-order valence-electron chi connectivity index (χ1n) is 8.98. The first-order valence-corrected chi connectivity index (χ1v) is 10.3. The van der Waals surface area contributed by atoms with Crippen molar-refractivity contribution in [2.75, 3.05) is 4.90 Å². The minimum atomic E-state index is -1.08. The van der Waals surface area contributed by atoms with Crippen LogP contribution in [0.4, 0.5) is 5.69 Å². The van der Waals surface area contributed by atoms with Crippen LogP contribution >= 0.6 is 23.6 Å². The van der Waals surface area contributed by atoms with Crippen LogP contribution in [0.3, 0.4) is 0 Å². The predicted octanol–water partition coefficient (Wildman–Crippen LogP) is 4.07. The molecule has 3 aromatic rings. The molecule has 1 saturated heterocycles. The van der Waals surface area contributed by atoms with E-state index < -0.39 is 17.8 Å². The van der Waals surface area contributed by atoms with Gasteiger partial charge in [0.05, 0.1) is 11.3 Å². The topological polar surface area (TPSA) is 95.9 Å². The Morgan fingerprint density at radius 3 is 2.39 bits per heavy atom. The standard InChI is InChI=1S/C22H14N2O5S2/c25-19-18(11-17-10-13(12-31-17)21(27)28)20(26)24(22(30)23-19)14-6-8-16(9-7-14)29-15-4-2-1-3-5-15/h1-12H,(H,27,28)(H,23,25,30). The van der Waals surface area contributed by atoms with Crippen molar-refractivity contribution in [1.82, 2.24) is 5.32 Å². The largest absolute Gasteiger partial charge is 0.478 e. The second-order valence-electron chi connectivity index (χ2n) is 6.41. The predicted molar refractivity (Wildman–Crippen MR) is 120 cm³/mol. The number of anilines is 1. The van der Waals surface area contributed by atoms with E-state index in [4.69, 9.17) is 22.1 Å². The number of para-hydroxylation sites is 1. The van der Waals surface area contributed by atoms with Crippen LogP contribution in [-0.4, -0.2) is 28.0 Å². The molecule has 1 aliphatic heterocycles. The molecular weight excluding hydrogens is 436 g/mol. The minimum Gasteiger partial charge on any atom is -0.478 e. The third kappa shape index (κ3) is 4.37. The summed E-state index contributed by atoms with van der Waals surface area (Å²) < 4.78 is 5.75. The lowest BCUT2D eigenvalue weighted by molar-refractivity contribution is -0.122. The number of benzene rings is 2. The maximum absolute atomic E-state index is 13.0. The molecule has 0 saturated carbocycles. The molecule has 0 spiro atoms. The third-order valence-corrected chi connectivity index (χ3v) is 5.49. The Morgan fingerprint density at radius 2 is 1.74 bits per heavy atom. The Kier molecular flexibility index (Phi) is 5.61. The van der Waals surface area contributed by atoms with Crippen LogP contribution < -0.4 is 15.0 Å². The zero-order valence-electron chi connectivity index (χ0n) is 15.8. The number of nitrogens with one attached hydrogen (secondary N) is 1. The molecule has 31 heavy (non-hydrogen) atoms. The van der Waals surface area contributed by atoms with Gasteiger partial charge in [0, 0.05) is 10.3 Å². The number of carboxylic acid groups (broad SMARTS) is 1. The molecule has 0 unspecified atom stereocenters. The third-order valence-electron chi connectivity index (χ3n) is 4.33. The van der Waals surface area contributed by atoms with Crippen LogP contribution in [0.15, 0.2) is 71.6 Å². The minimum absolute atomic E-state index is 0.0405. The van der Waals surface area contributed by atoms with E-state index in [-0.39, 0.29) is 16.2 Å². The van der Waals surface area contributed by atoms with E-state index in [1.165, 1.54) is 22.4 Å². The van der Waals surface area contributed by atoms with Gasteiger partial charge in [-0.05, 0) is 60.8 Å². The van der Waals surface area contributed by atoms with Gasteiger partial charge in [-0.25, -0.2) is 4.79 Å². The summed E-state index contributed by atoms with van der Waals surface area (Å²) in [6.07, 6.45) is 1.36. The number of rotatable bonds is 5. The number of carbonyl (C=O) groups excluding carboxylic acids is 2. The van der Waals surface area contributed by atoms with Crippen molar-refractivity contribution in [2.24, 2.45) is 0 Å². The first-order chi connectivity index (χ1) is 14.9. The van der Waals surface area contributed by atoms with Crippen LogP contribution in [0.2, 0.25) is 0 Å². The molecule has 154 valence electrons. The molecule has 7 nitrogen and oxygen atoms in total. The lowest BCUT2D eigenvalue weighted by atomic mass is 10.1. The van der Waals surface area contributed by atoms with E-state index in [1.54, 1.807) is 24.3 Å². The van der Waals surface area contributed by atoms with Gasteiger partial charge in [0.2, 0.25) is 0 Å². The molecule has 2 amide bonds. The average Bonchev–Trinajstić information content (AvgIpc) is 3.22. The number of hydrogen-bond donors (Lipinski definition) is 2. The summed E-state index contributed by atoms with van der Waals surface area (Å²) in [4.78, 5) is 38.1. The van der Waals surface area contributed by atoms with E-state index in [9.17, 15) is 14.4 Å². The van der Waals surface area contributed by atoms with Crippen molar-refractivity contribution < 1.29 is 24.2 Å². The highest BCUT2D eigenvalue weighted by atomic mass is 32.1. The molecule has 2 aromatic carbocycles. The quantitative estimate of drug-likeness (QED) is 0.346. The molecule has 0 radical (unpaired) electrons. The summed E-state index contributed by atoms with van der Waals surface area (Å²) in [5.41, 5.74) is 0.401. The lowest BCUT2D eigenvalue weighted by Gasteiger charge is -2.28. The Bertz CT molecular complexity index is 1220. The molecule has 9 heteroatoms. The summed E-state index contributed by atoms with van der Waals surface area (Å²) in [5, 5.41) is 12.9. The van der Waals surface area contributed by atoms with Crippen LogP contribution in [0.25, 0.3) is 6.08 Å². The van der Waals surface area contributed by atoms with Crippen LogP contribution in [0, 0.1) is 0 Å². The number of hydrogen-bond acceptors (Lipinski definition) is 6. The lowest BCUT2D eigenvalue weighted by Crippen LogP contribution is -2.54. The summed E-state index contributed by atoms with van der Waals surface area (Å²) in [7, 11) is 0. The molecule has 0 aliphatic carbocycles. The van der Waals surface area contributed by atoms with Gasteiger partial charge in [-0.1, -0.05) is 18.2 Å². The molecule has 0 atom stereocenters. The maximum atomic E-state index is 13.0. The molecule has 2 N–H and O–H groups in total. The summed E-state index contributed by atoms with van der Waals surface area (Å²) in [6.45, 7) is 0. The zero-order chi connectivity index (χ0) is 22.0. The normalized spacial score (nSPS) is 15.2. The molecular formula is C22H14N2O5S2. The highest BCUT2D eigenvalue weighted by Crippen LogP contribution is 2.27. The first kappa shape index (κ1) is 20.5. The number of carboxylic acids is 1. The molecule has 0 bridgehead atoms.